The van der Waals surface area contributed by atoms with Gasteiger partial charge in [-0.15, -0.1) is 0 Å². The van der Waals surface area contributed by atoms with E-state index in [1.54, 1.807) is 0 Å². The molecule has 0 heterocycles. The Morgan fingerprint density at radius 3 is 2.36 bits per heavy atom. The maximum Gasteiger partial charge on any atom is 0.303 e. The molecule has 0 aliphatic rings. The van der Waals surface area contributed by atoms with Gasteiger partial charge in [-0.05, 0) is 20.3 Å². The zero-order chi connectivity index (χ0) is 8.85. The summed E-state index contributed by atoms with van der Waals surface area (Å²) in [7, 11) is 0. The van der Waals surface area contributed by atoms with Gasteiger partial charge < -0.3 is 5.11 Å². The summed E-state index contributed by atoms with van der Waals surface area (Å²) in [6.45, 7) is 7.51. The first-order chi connectivity index (χ1) is 5.02. The molecule has 0 fully saturated rings. The number of hydrogen-bond acceptors (Lipinski definition) is 1. The van der Waals surface area contributed by atoms with E-state index in [0.29, 0.717) is 6.42 Å². The second kappa shape index (κ2) is 4.72. The number of rotatable bonds is 4. The summed E-state index contributed by atoms with van der Waals surface area (Å²) in [5.41, 5.74) is 2.03. The lowest BCUT2D eigenvalue weighted by Gasteiger charge is -1.96. The highest BCUT2D eigenvalue weighted by atomic mass is 16.4. The molecule has 0 saturated carbocycles. The molecule has 11 heavy (non-hydrogen) atoms. The maximum atomic E-state index is 10.1. The largest absolute Gasteiger partial charge is 0.481 e. The summed E-state index contributed by atoms with van der Waals surface area (Å²) in [5, 5.41) is 8.35. The summed E-state index contributed by atoms with van der Waals surface area (Å²) in [6, 6.07) is 0. The molecule has 0 aromatic rings. The van der Waals surface area contributed by atoms with E-state index in [9.17, 15) is 4.79 Å². The minimum atomic E-state index is -0.750. The van der Waals surface area contributed by atoms with E-state index in [-0.39, 0.29) is 6.42 Å². The van der Waals surface area contributed by atoms with Crippen LogP contribution in [0.4, 0.5) is 0 Å². The summed E-state index contributed by atoms with van der Waals surface area (Å²) < 4.78 is 0. The van der Waals surface area contributed by atoms with E-state index in [1.807, 2.05) is 19.9 Å². The van der Waals surface area contributed by atoms with E-state index < -0.39 is 5.97 Å². The van der Waals surface area contributed by atoms with E-state index in [2.05, 4.69) is 6.58 Å². The normalized spacial score (nSPS) is 11.3. The molecule has 0 saturated heterocycles. The van der Waals surface area contributed by atoms with Crippen LogP contribution in [0.15, 0.2) is 23.8 Å². The lowest BCUT2D eigenvalue weighted by atomic mass is 10.1. The van der Waals surface area contributed by atoms with Crippen LogP contribution in [0.5, 0.6) is 0 Å². The van der Waals surface area contributed by atoms with E-state index in [0.717, 1.165) is 11.1 Å². The SMILES string of the molecule is C=C(C)/C=C(/C)CCC(=O)O. The van der Waals surface area contributed by atoms with Gasteiger partial charge in [-0.3, -0.25) is 4.79 Å². The lowest BCUT2D eigenvalue weighted by Crippen LogP contribution is -1.94. The minimum Gasteiger partial charge on any atom is -0.481 e. The van der Waals surface area contributed by atoms with Gasteiger partial charge in [0, 0.05) is 6.42 Å². The van der Waals surface area contributed by atoms with Crippen LogP contribution in [0.3, 0.4) is 0 Å². The predicted octanol–water partition coefficient (Wildman–Crippen LogP) is 2.37. The molecule has 0 aliphatic heterocycles. The van der Waals surface area contributed by atoms with Crippen LogP contribution >= 0.6 is 0 Å². The number of allylic oxidation sites excluding steroid dienone is 3. The fourth-order valence-corrected chi connectivity index (χ4v) is 0.797. The van der Waals surface area contributed by atoms with Crippen molar-refractivity contribution in [2.24, 2.45) is 0 Å². The molecule has 0 spiro atoms. The Bertz CT molecular complexity index is 190. The zero-order valence-corrected chi connectivity index (χ0v) is 7.05. The third-order valence-corrected chi connectivity index (χ3v) is 1.23. The van der Waals surface area contributed by atoms with E-state index in [4.69, 9.17) is 5.11 Å². The van der Waals surface area contributed by atoms with Gasteiger partial charge in [-0.25, -0.2) is 0 Å². The van der Waals surface area contributed by atoms with Crippen LogP contribution in [0.1, 0.15) is 26.7 Å². The molecule has 0 rings (SSSR count). The molecule has 0 unspecified atom stereocenters. The van der Waals surface area contributed by atoms with Gasteiger partial charge in [0.25, 0.3) is 0 Å². The molecule has 0 aromatic heterocycles. The first kappa shape index (κ1) is 9.95. The van der Waals surface area contributed by atoms with Gasteiger partial charge in [0.05, 0.1) is 0 Å². The molecular formula is C9H14O2. The molecule has 0 atom stereocenters. The summed E-state index contributed by atoms with van der Waals surface area (Å²) in [6.07, 6.45) is 2.72. The van der Waals surface area contributed by atoms with Crippen molar-refractivity contribution in [2.75, 3.05) is 0 Å². The van der Waals surface area contributed by atoms with Crippen LogP contribution < -0.4 is 0 Å². The second-order valence-electron chi connectivity index (χ2n) is 2.73. The zero-order valence-electron chi connectivity index (χ0n) is 7.05. The number of carbonyl (C=O) groups is 1. The van der Waals surface area contributed by atoms with Crippen molar-refractivity contribution in [1.82, 2.24) is 0 Å². The Labute approximate surface area is 67.2 Å². The summed E-state index contributed by atoms with van der Waals surface area (Å²) in [4.78, 5) is 10.1. The smallest absolute Gasteiger partial charge is 0.303 e. The average Bonchev–Trinajstić information content (AvgIpc) is 1.82. The average molecular weight is 154 g/mol. The van der Waals surface area contributed by atoms with Crippen molar-refractivity contribution < 1.29 is 9.90 Å². The molecule has 0 radical (unpaired) electrons. The van der Waals surface area contributed by atoms with E-state index in [1.165, 1.54) is 0 Å². The molecule has 0 bridgehead atoms. The van der Waals surface area contributed by atoms with Crippen molar-refractivity contribution in [1.29, 1.82) is 0 Å². The monoisotopic (exact) mass is 154 g/mol. The number of carboxylic acids is 1. The highest BCUT2D eigenvalue weighted by Crippen LogP contribution is 2.06. The van der Waals surface area contributed by atoms with E-state index >= 15 is 0 Å². The van der Waals surface area contributed by atoms with Gasteiger partial charge in [0.2, 0.25) is 0 Å². The van der Waals surface area contributed by atoms with Crippen molar-refractivity contribution in [3.8, 4) is 0 Å². The molecule has 2 heteroatoms. The lowest BCUT2D eigenvalue weighted by molar-refractivity contribution is -0.136. The Kier molecular flexibility index (Phi) is 4.27. The first-order valence-electron chi connectivity index (χ1n) is 3.57. The molecular weight excluding hydrogens is 140 g/mol. The van der Waals surface area contributed by atoms with Gasteiger partial charge >= 0.3 is 5.97 Å². The van der Waals surface area contributed by atoms with Crippen LogP contribution in [0.25, 0.3) is 0 Å². The van der Waals surface area contributed by atoms with Gasteiger partial charge in [-0.1, -0.05) is 23.8 Å². The molecule has 0 aromatic carbocycles. The third kappa shape index (κ3) is 6.84. The number of carboxylic acid groups (broad SMARTS) is 1. The second-order valence-corrected chi connectivity index (χ2v) is 2.73. The molecule has 0 amide bonds. The third-order valence-electron chi connectivity index (χ3n) is 1.23. The fourth-order valence-electron chi connectivity index (χ4n) is 0.797. The summed E-state index contributed by atoms with van der Waals surface area (Å²) >= 11 is 0. The van der Waals surface area contributed by atoms with Crippen LogP contribution in [-0.2, 0) is 4.79 Å². The Morgan fingerprint density at radius 2 is 2.00 bits per heavy atom. The van der Waals surface area contributed by atoms with Crippen molar-refractivity contribution >= 4 is 5.97 Å². The highest BCUT2D eigenvalue weighted by molar-refractivity contribution is 5.67. The van der Waals surface area contributed by atoms with Gasteiger partial charge in [-0.2, -0.15) is 0 Å². The van der Waals surface area contributed by atoms with Crippen LogP contribution in [0, 0.1) is 0 Å². The van der Waals surface area contributed by atoms with Gasteiger partial charge in [0.15, 0.2) is 0 Å². The molecule has 1 N–H and O–H groups in total. The van der Waals surface area contributed by atoms with Gasteiger partial charge in [0.1, 0.15) is 0 Å². The van der Waals surface area contributed by atoms with Crippen molar-refractivity contribution in [3.05, 3.63) is 23.8 Å². The highest BCUT2D eigenvalue weighted by Gasteiger charge is 1.96. The Hall–Kier alpha value is -1.05. The molecule has 2 nitrogen and oxygen atoms in total. The van der Waals surface area contributed by atoms with Crippen molar-refractivity contribution in [2.45, 2.75) is 26.7 Å². The maximum absolute atomic E-state index is 10.1. The first-order valence-corrected chi connectivity index (χ1v) is 3.57. The summed E-state index contributed by atoms with van der Waals surface area (Å²) in [5.74, 6) is -0.750. The van der Waals surface area contributed by atoms with Crippen LogP contribution in [-0.4, -0.2) is 11.1 Å². The fraction of sp³-hybridized carbons (Fsp3) is 0.444. The standard InChI is InChI=1S/C9H14O2/c1-7(2)6-8(3)4-5-9(10)11/h6H,1,4-5H2,2-3H3,(H,10,11)/b8-6-. The molecule has 0 aliphatic carbocycles. The van der Waals surface area contributed by atoms with Crippen molar-refractivity contribution in [3.63, 3.8) is 0 Å². The number of aliphatic carboxylic acids is 1. The predicted molar refractivity (Wildman–Crippen MR) is 45.4 cm³/mol. The Morgan fingerprint density at radius 1 is 1.45 bits per heavy atom. The van der Waals surface area contributed by atoms with Crippen LogP contribution in [0.2, 0.25) is 0 Å². The Balaban J connectivity index is 3.77. The minimum absolute atomic E-state index is 0.204. The topological polar surface area (TPSA) is 37.3 Å². The number of hydrogen-bond donors (Lipinski definition) is 1. The molecule has 62 valence electrons. The quantitative estimate of drug-likeness (QED) is 0.631.